The monoisotopic (exact) mass is 671 g/mol. The molecule has 1 N–H and O–H groups in total. The molecule has 24 heavy (non-hydrogen) atoms. The maximum atomic E-state index is 12.2. The highest BCUT2D eigenvalue weighted by atomic mass is 127. The Kier molecular flexibility index (Phi) is 7.83. The molecule has 0 aromatic heterocycles. The lowest BCUT2D eigenvalue weighted by Crippen LogP contribution is -2.33. The highest BCUT2D eigenvalue weighted by Gasteiger charge is 2.29. The number of esters is 1. The van der Waals surface area contributed by atoms with Gasteiger partial charge in [0, 0.05) is 26.7 Å². The van der Waals surface area contributed by atoms with Crippen LogP contribution < -0.4 is 4.90 Å². The standard InChI is InChI=1S/C14H12I3NO6/c1-5(19)8-10(15)9(14(22)23)12(17)13(11(8)16)18(3)7(21)4-24-6(2)20/h4H2,1-3H3,(H,22,23). The second-order valence-corrected chi connectivity index (χ2v) is 7.87. The quantitative estimate of drug-likeness (QED) is 0.294. The van der Waals surface area contributed by atoms with E-state index >= 15 is 0 Å². The van der Waals surface area contributed by atoms with Gasteiger partial charge in [0.05, 0.1) is 14.8 Å². The van der Waals surface area contributed by atoms with E-state index in [0.717, 1.165) is 0 Å². The van der Waals surface area contributed by atoms with Crippen molar-refractivity contribution in [1.82, 2.24) is 0 Å². The van der Waals surface area contributed by atoms with Crippen LogP contribution in [-0.2, 0) is 14.3 Å². The number of carbonyl (C=O) groups is 4. The van der Waals surface area contributed by atoms with E-state index < -0.39 is 24.5 Å². The zero-order valence-electron chi connectivity index (χ0n) is 12.8. The molecule has 0 fully saturated rings. The Morgan fingerprint density at radius 1 is 1.00 bits per heavy atom. The van der Waals surface area contributed by atoms with Gasteiger partial charge in [0.1, 0.15) is 0 Å². The SMILES string of the molecule is CC(=O)OCC(=O)N(C)c1c(I)c(C(C)=O)c(I)c(C(=O)O)c1I. The van der Waals surface area contributed by atoms with Crippen LogP contribution in [0.5, 0.6) is 0 Å². The van der Waals surface area contributed by atoms with Crippen LogP contribution in [0.4, 0.5) is 5.69 Å². The van der Waals surface area contributed by atoms with Crippen molar-refractivity contribution in [2.24, 2.45) is 0 Å². The van der Waals surface area contributed by atoms with Crippen molar-refractivity contribution in [2.45, 2.75) is 13.8 Å². The summed E-state index contributed by atoms with van der Waals surface area (Å²) in [5.74, 6) is -2.62. The van der Waals surface area contributed by atoms with Gasteiger partial charge < -0.3 is 14.7 Å². The third-order valence-electron chi connectivity index (χ3n) is 2.97. The third-order valence-corrected chi connectivity index (χ3v) is 6.15. The molecule has 0 radical (unpaired) electrons. The Morgan fingerprint density at radius 2 is 1.50 bits per heavy atom. The molecule has 1 aromatic rings. The minimum atomic E-state index is -1.19. The summed E-state index contributed by atoms with van der Waals surface area (Å²) in [5, 5.41) is 9.47. The van der Waals surface area contributed by atoms with Gasteiger partial charge >= 0.3 is 11.9 Å². The maximum absolute atomic E-state index is 12.2. The lowest BCUT2D eigenvalue weighted by atomic mass is 10.1. The summed E-state index contributed by atoms with van der Waals surface area (Å²) in [5.41, 5.74) is 0.511. The van der Waals surface area contributed by atoms with Crippen LogP contribution in [0.15, 0.2) is 0 Å². The summed E-state index contributed by atoms with van der Waals surface area (Å²) in [6, 6.07) is 0. The second-order valence-electron chi connectivity index (χ2n) is 4.63. The molecule has 0 aliphatic carbocycles. The van der Waals surface area contributed by atoms with Gasteiger partial charge in [-0.3, -0.25) is 14.4 Å². The number of Topliss-reactive ketones (excluding diaryl/α,β-unsaturated/α-hetero) is 1. The number of amides is 1. The van der Waals surface area contributed by atoms with Gasteiger partial charge in [-0.05, 0) is 74.7 Å². The average Bonchev–Trinajstić information content (AvgIpc) is 2.43. The molecule has 1 aromatic carbocycles. The first kappa shape index (κ1) is 21.5. The van der Waals surface area contributed by atoms with E-state index in [-0.39, 0.29) is 16.9 Å². The van der Waals surface area contributed by atoms with Gasteiger partial charge in [0.25, 0.3) is 5.91 Å². The fraction of sp³-hybridized carbons (Fsp3) is 0.286. The highest BCUT2D eigenvalue weighted by molar-refractivity contribution is 14.1. The largest absolute Gasteiger partial charge is 0.478 e. The first-order chi connectivity index (χ1) is 11.0. The Balaban J connectivity index is 3.57. The van der Waals surface area contributed by atoms with Gasteiger partial charge in [-0.25, -0.2) is 4.79 Å². The summed E-state index contributed by atoms with van der Waals surface area (Å²) >= 11 is 5.57. The second kappa shape index (κ2) is 8.73. The maximum Gasteiger partial charge on any atom is 0.337 e. The summed E-state index contributed by atoms with van der Waals surface area (Å²) in [7, 11) is 1.44. The summed E-state index contributed by atoms with van der Waals surface area (Å²) in [6.45, 7) is 2.05. The molecule has 0 atom stereocenters. The number of ether oxygens (including phenoxy) is 1. The number of hydrogen-bond donors (Lipinski definition) is 1. The number of anilines is 1. The highest BCUT2D eigenvalue weighted by Crippen LogP contribution is 2.37. The Bertz CT molecular complexity index is 706. The summed E-state index contributed by atoms with van der Waals surface area (Å²) in [6.07, 6.45) is 0. The van der Waals surface area contributed by atoms with E-state index in [1.165, 1.54) is 25.8 Å². The van der Waals surface area contributed by atoms with E-state index in [1.807, 2.05) is 67.8 Å². The number of nitrogens with zero attached hydrogens (tertiary/aromatic N) is 1. The van der Waals surface area contributed by atoms with Crippen LogP contribution in [0.3, 0.4) is 0 Å². The van der Waals surface area contributed by atoms with Gasteiger partial charge in [0.15, 0.2) is 12.4 Å². The van der Waals surface area contributed by atoms with E-state index in [0.29, 0.717) is 16.4 Å². The first-order valence-electron chi connectivity index (χ1n) is 6.35. The van der Waals surface area contributed by atoms with E-state index in [1.54, 1.807) is 0 Å². The van der Waals surface area contributed by atoms with Crippen LogP contribution in [-0.4, -0.2) is 42.4 Å². The number of carboxylic acids is 1. The normalized spacial score (nSPS) is 10.2. The molecule has 0 spiro atoms. The van der Waals surface area contributed by atoms with Crippen LogP contribution in [0.2, 0.25) is 0 Å². The van der Waals surface area contributed by atoms with Gasteiger partial charge in [-0.1, -0.05) is 0 Å². The zero-order chi connectivity index (χ0) is 18.8. The minimum absolute atomic E-state index is 0.0380. The smallest absolute Gasteiger partial charge is 0.337 e. The number of rotatable bonds is 5. The fourth-order valence-corrected chi connectivity index (χ4v) is 6.94. The van der Waals surface area contributed by atoms with E-state index in [9.17, 15) is 24.3 Å². The molecule has 0 aliphatic rings. The van der Waals surface area contributed by atoms with Crippen molar-refractivity contribution < 1.29 is 29.0 Å². The number of carbonyl (C=O) groups excluding carboxylic acids is 3. The molecular formula is C14H12I3NO6. The molecule has 0 saturated heterocycles. The molecule has 10 heteroatoms. The molecule has 0 unspecified atom stereocenters. The average molecular weight is 671 g/mol. The molecule has 1 amide bonds. The minimum Gasteiger partial charge on any atom is -0.478 e. The van der Waals surface area contributed by atoms with Crippen molar-refractivity contribution in [3.63, 3.8) is 0 Å². The molecule has 1 rings (SSSR count). The summed E-state index contributed by atoms with van der Waals surface area (Å²) in [4.78, 5) is 47.8. The first-order valence-corrected chi connectivity index (χ1v) is 9.58. The van der Waals surface area contributed by atoms with Crippen molar-refractivity contribution in [3.05, 3.63) is 21.8 Å². The number of carboxylic acid groups (broad SMARTS) is 1. The number of aromatic carboxylic acids is 1. The molecule has 0 bridgehead atoms. The predicted molar refractivity (Wildman–Crippen MR) is 112 cm³/mol. The predicted octanol–water partition coefficient (Wildman–Crippen LogP) is 2.93. The van der Waals surface area contributed by atoms with Crippen LogP contribution >= 0.6 is 67.8 Å². The fourth-order valence-electron chi connectivity index (χ4n) is 1.83. The Labute approximate surface area is 178 Å². The van der Waals surface area contributed by atoms with E-state index in [4.69, 9.17) is 0 Å². The van der Waals surface area contributed by atoms with Crippen molar-refractivity contribution in [3.8, 4) is 0 Å². The van der Waals surface area contributed by atoms with Crippen LogP contribution in [0.25, 0.3) is 0 Å². The number of benzene rings is 1. The molecule has 7 nitrogen and oxygen atoms in total. The molecule has 130 valence electrons. The van der Waals surface area contributed by atoms with Crippen molar-refractivity contribution >= 4 is 97.1 Å². The Hall–Kier alpha value is -0.510. The molecule has 0 aliphatic heterocycles. The molecule has 0 heterocycles. The van der Waals surface area contributed by atoms with Crippen molar-refractivity contribution in [1.29, 1.82) is 0 Å². The molecule has 0 saturated carbocycles. The van der Waals surface area contributed by atoms with Gasteiger partial charge in [0.2, 0.25) is 0 Å². The van der Waals surface area contributed by atoms with E-state index in [2.05, 4.69) is 4.74 Å². The zero-order valence-corrected chi connectivity index (χ0v) is 19.2. The molecular weight excluding hydrogens is 659 g/mol. The number of halogens is 3. The van der Waals surface area contributed by atoms with Crippen molar-refractivity contribution in [2.75, 3.05) is 18.6 Å². The Morgan fingerprint density at radius 3 is 1.92 bits per heavy atom. The summed E-state index contributed by atoms with van der Waals surface area (Å²) < 4.78 is 5.81. The van der Waals surface area contributed by atoms with Crippen LogP contribution in [0.1, 0.15) is 34.6 Å². The lowest BCUT2D eigenvalue weighted by Gasteiger charge is -2.23. The van der Waals surface area contributed by atoms with Gasteiger partial charge in [-0.2, -0.15) is 0 Å². The topological polar surface area (TPSA) is 101 Å². The lowest BCUT2D eigenvalue weighted by molar-refractivity contribution is -0.145. The van der Waals surface area contributed by atoms with Crippen LogP contribution in [0, 0.1) is 10.7 Å². The number of hydrogen-bond acceptors (Lipinski definition) is 5. The third kappa shape index (κ3) is 4.56. The number of ketones is 1. The number of likely N-dealkylation sites (N-methyl/N-ethyl adjacent to an activating group) is 1. The van der Waals surface area contributed by atoms with Gasteiger partial charge in [-0.15, -0.1) is 0 Å².